The maximum absolute atomic E-state index is 17.2. The fourth-order valence-corrected chi connectivity index (χ4v) is 7.87. The fraction of sp³-hybridized carbons (Fsp3) is 0.487. The Bertz CT molecular complexity index is 2050. The van der Waals surface area contributed by atoms with Crippen LogP contribution < -0.4 is 20.1 Å². The largest absolute Gasteiger partial charge is 0.468 e. The Hall–Kier alpha value is -4.84. The Labute approximate surface area is 307 Å². The van der Waals surface area contributed by atoms with E-state index in [0.717, 1.165) is 38.8 Å². The van der Waals surface area contributed by atoms with E-state index in [9.17, 15) is 4.79 Å². The number of likely N-dealkylation sites (tertiary alicyclic amines) is 1. The average molecular weight is 730 g/mol. The maximum Gasteiger partial charge on any atom is 0.410 e. The van der Waals surface area contributed by atoms with E-state index in [2.05, 4.69) is 25.7 Å². The average Bonchev–Trinajstić information content (AvgIpc) is 3.69. The first-order chi connectivity index (χ1) is 25.5. The number of amides is 1. The van der Waals surface area contributed by atoms with E-state index in [0.29, 0.717) is 54.0 Å². The van der Waals surface area contributed by atoms with E-state index < -0.39 is 17.2 Å². The first kappa shape index (κ1) is 36.5. The molecule has 0 saturated carbocycles. The number of anilines is 1. The van der Waals surface area contributed by atoms with Crippen molar-refractivity contribution in [3.8, 4) is 35.4 Å². The van der Waals surface area contributed by atoms with Crippen LogP contribution in [0.25, 0.3) is 32.9 Å². The SMILES string of the molecule is C#Cc1c(F)ccc2cc(OCOC)cc(-c3ncc4c(N5CC6CCC(C5)N6C(=O)OC(C)(C)C)nc(OC[C@@H]5CCCN5CCN)nc4c3F)c12. The van der Waals surface area contributed by atoms with E-state index in [1.807, 2.05) is 25.7 Å². The lowest BCUT2D eigenvalue weighted by Crippen LogP contribution is -2.57. The van der Waals surface area contributed by atoms with Crippen molar-refractivity contribution >= 4 is 33.6 Å². The smallest absolute Gasteiger partial charge is 0.410 e. The molecule has 2 N–H and O–H groups in total. The van der Waals surface area contributed by atoms with Gasteiger partial charge in [0.15, 0.2) is 12.6 Å². The summed E-state index contributed by atoms with van der Waals surface area (Å²) >= 11 is 0. The molecule has 0 aliphatic carbocycles. The molecule has 14 heteroatoms. The highest BCUT2D eigenvalue weighted by molar-refractivity contribution is 6.03. The quantitative estimate of drug-likeness (QED) is 0.165. The second-order valence-electron chi connectivity index (χ2n) is 14.8. The molecule has 0 radical (unpaired) electrons. The van der Waals surface area contributed by atoms with E-state index >= 15 is 8.78 Å². The molecule has 0 spiro atoms. The number of carbonyl (C=O) groups excluding carboxylic acids is 1. The number of methoxy groups -OCH3 is 1. The summed E-state index contributed by atoms with van der Waals surface area (Å²) in [4.78, 5) is 33.5. The van der Waals surface area contributed by atoms with Gasteiger partial charge < -0.3 is 29.6 Å². The Morgan fingerprint density at radius 1 is 1.09 bits per heavy atom. The molecule has 2 aromatic heterocycles. The predicted molar refractivity (Wildman–Crippen MR) is 197 cm³/mol. The predicted octanol–water partition coefficient (Wildman–Crippen LogP) is 5.48. The second kappa shape index (κ2) is 14.9. The zero-order chi connectivity index (χ0) is 37.4. The lowest BCUT2D eigenvalue weighted by atomic mass is 9.95. The van der Waals surface area contributed by atoms with Crippen molar-refractivity contribution in [2.24, 2.45) is 5.73 Å². The first-order valence-electron chi connectivity index (χ1n) is 18.0. The number of piperazine rings is 1. The number of terminal acetylenes is 1. The summed E-state index contributed by atoms with van der Waals surface area (Å²) < 4.78 is 55.2. The molecule has 3 atom stereocenters. The van der Waals surface area contributed by atoms with E-state index in [1.54, 1.807) is 18.2 Å². The second-order valence-corrected chi connectivity index (χ2v) is 14.8. The Morgan fingerprint density at radius 3 is 2.57 bits per heavy atom. The molecule has 3 saturated heterocycles. The number of fused-ring (bicyclic) bond motifs is 4. The third-order valence-electron chi connectivity index (χ3n) is 10.1. The molecule has 3 aliphatic rings. The molecule has 1 amide bonds. The van der Waals surface area contributed by atoms with Gasteiger partial charge in [0.2, 0.25) is 0 Å². The van der Waals surface area contributed by atoms with Crippen LogP contribution in [0.2, 0.25) is 0 Å². The monoisotopic (exact) mass is 729 g/mol. The van der Waals surface area contributed by atoms with Crippen LogP contribution >= 0.6 is 0 Å². The molecule has 4 aromatic rings. The zero-order valence-corrected chi connectivity index (χ0v) is 30.5. The molecule has 2 bridgehead atoms. The minimum atomic E-state index is -0.755. The summed E-state index contributed by atoms with van der Waals surface area (Å²) in [5, 5.41) is 1.22. The van der Waals surface area contributed by atoms with Gasteiger partial charge in [0.05, 0.1) is 23.0 Å². The van der Waals surface area contributed by atoms with Crippen molar-refractivity contribution in [1.82, 2.24) is 24.8 Å². The van der Waals surface area contributed by atoms with Crippen LogP contribution in [0.4, 0.5) is 19.4 Å². The highest BCUT2D eigenvalue weighted by Gasteiger charge is 2.45. The number of nitrogens with zero attached hydrogens (tertiary/aromatic N) is 6. The lowest BCUT2D eigenvalue weighted by Gasteiger charge is -2.42. The lowest BCUT2D eigenvalue weighted by molar-refractivity contribution is 0.0122. The molecule has 3 fully saturated rings. The van der Waals surface area contributed by atoms with Gasteiger partial charge >= 0.3 is 12.1 Å². The highest BCUT2D eigenvalue weighted by Crippen LogP contribution is 2.41. The van der Waals surface area contributed by atoms with Crippen LogP contribution in [0.1, 0.15) is 52.0 Å². The van der Waals surface area contributed by atoms with Crippen LogP contribution in [0.5, 0.6) is 11.8 Å². The number of nitrogens with two attached hydrogens (primary N) is 1. The number of pyridine rings is 1. The normalized spacial score (nSPS) is 20.3. The Morgan fingerprint density at radius 2 is 1.87 bits per heavy atom. The van der Waals surface area contributed by atoms with Crippen molar-refractivity contribution in [3.05, 3.63) is 47.7 Å². The third kappa shape index (κ3) is 7.25. The highest BCUT2D eigenvalue weighted by atomic mass is 19.1. The number of hydrogen-bond acceptors (Lipinski definition) is 11. The molecular formula is C39H45F2N7O5. The molecule has 12 nitrogen and oxygen atoms in total. The molecule has 3 aliphatic heterocycles. The van der Waals surface area contributed by atoms with E-state index in [1.165, 1.54) is 19.4 Å². The van der Waals surface area contributed by atoms with Crippen molar-refractivity contribution in [2.75, 3.05) is 58.1 Å². The number of aromatic nitrogens is 3. The number of rotatable bonds is 10. The summed E-state index contributed by atoms with van der Waals surface area (Å²) in [6.07, 6.45) is 10.5. The van der Waals surface area contributed by atoms with Gasteiger partial charge in [0, 0.05) is 56.5 Å². The third-order valence-corrected chi connectivity index (χ3v) is 10.1. The van der Waals surface area contributed by atoms with Crippen LogP contribution in [-0.4, -0.2) is 108 Å². The summed E-state index contributed by atoms with van der Waals surface area (Å²) in [6, 6.07) is 5.95. The summed E-state index contributed by atoms with van der Waals surface area (Å²) in [6.45, 7) is 8.89. The molecule has 5 heterocycles. The zero-order valence-electron chi connectivity index (χ0n) is 30.5. The van der Waals surface area contributed by atoms with Crippen molar-refractivity contribution in [1.29, 1.82) is 0 Å². The van der Waals surface area contributed by atoms with Gasteiger partial charge in [-0.2, -0.15) is 9.97 Å². The van der Waals surface area contributed by atoms with Crippen molar-refractivity contribution in [2.45, 2.75) is 70.2 Å². The standard InChI is InChI=1S/C39H45F2N7O5/c1-6-28-31(40)12-9-23-16-27(52-22-50-5)17-29(32(23)28)34-33(41)35-30(18-43-34)36(45-37(44-35)51-21-26-8-7-14-46(26)15-13-42)47-19-24-10-11-25(20-47)48(24)38(49)53-39(2,3)4/h1,9,12,16-18,24-26H,7-8,10-11,13-15,19-22,42H2,2-5H3/t24?,25?,26-/m0/s1. The van der Waals surface area contributed by atoms with Crippen molar-refractivity contribution in [3.63, 3.8) is 0 Å². The Kier molecular flexibility index (Phi) is 10.3. The van der Waals surface area contributed by atoms with Gasteiger partial charge in [-0.05, 0) is 76.6 Å². The van der Waals surface area contributed by atoms with E-state index in [4.69, 9.17) is 36.1 Å². The van der Waals surface area contributed by atoms with Crippen LogP contribution in [0, 0.1) is 24.0 Å². The first-order valence-corrected chi connectivity index (χ1v) is 18.0. The molecule has 53 heavy (non-hydrogen) atoms. The minimum Gasteiger partial charge on any atom is -0.468 e. The summed E-state index contributed by atoms with van der Waals surface area (Å²) in [7, 11) is 1.49. The number of ether oxygens (including phenoxy) is 4. The van der Waals surface area contributed by atoms with Crippen LogP contribution in [0.3, 0.4) is 0 Å². The number of carbonyl (C=O) groups is 1. The topological polar surface area (TPSA) is 128 Å². The number of hydrogen-bond donors (Lipinski definition) is 1. The molecule has 2 aromatic carbocycles. The number of halogens is 2. The van der Waals surface area contributed by atoms with Gasteiger partial charge in [-0.1, -0.05) is 12.0 Å². The molecule has 2 unspecified atom stereocenters. The maximum atomic E-state index is 17.2. The molecule has 7 rings (SSSR count). The van der Waals surface area contributed by atoms with Gasteiger partial charge in [0.1, 0.15) is 40.8 Å². The molecule has 280 valence electrons. The fourth-order valence-electron chi connectivity index (χ4n) is 7.87. The van der Waals surface area contributed by atoms with E-state index in [-0.39, 0.29) is 59.4 Å². The van der Waals surface area contributed by atoms with Gasteiger partial charge in [-0.25, -0.2) is 13.6 Å². The minimum absolute atomic E-state index is 0.0162. The van der Waals surface area contributed by atoms with Gasteiger partial charge in [0.25, 0.3) is 0 Å². The molecular weight excluding hydrogens is 684 g/mol. The van der Waals surface area contributed by atoms with Gasteiger partial charge in [-0.15, -0.1) is 6.42 Å². The summed E-state index contributed by atoms with van der Waals surface area (Å²) in [5.74, 6) is 1.86. The summed E-state index contributed by atoms with van der Waals surface area (Å²) in [5.41, 5.74) is 5.33. The van der Waals surface area contributed by atoms with Crippen molar-refractivity contribution < 1.29 is 32.5 Å². The van der Waals surface area contributed by atoms with Crippen LogP contribution in [-0.2, 0) is 9.47 Å². The van der Waals surface area contributed by atoms with Gasteiger partial charge in [-0.3, -0.25) is 14.8 Å². The number of benzene rings is 2. The Balaban J connectivity index is 1.33. The van der Waals surface area contributed by atoms with Crippen LogP contribution in [0.15, 0.2) is 30.5 Å².